The second-order valence-corrected chi connectivity index (χ2v) is 8.00. The van der Waals surface area contributed by atoms with Crippen molar-refractivity contribution in [2.24, 2.45) is 0 Å². The smallest absolute Gasteiger partial charge is 0.412 e. The molecule has 0 bridgehead atoms. The van der Waals surface area contributed by atoms with E-state index in [2.05, 4.69) is 10.6 Å². The number of benzene rings is 2. The number of hydrogen-bond acceptors (Lipinski definition) is 3. The largest absolute Gasteiger partial charge is 0.444 e. The van der Waals surface area contributed by atoms with Gasteiger partial charge in [0.05, 0.1) is 11.3 Å². The highest BCUT2D eigenvalue weighted by atomic mass is 127. The lowest BCUT2D eigenvalue weighted by atomic mass is 10.2. The van der Waals surface area contributed by atoms with Crippen LogP contribution in [0.4, 0.5) is 20.6 Å². The van der Waals surface area contributed by atoms with Crippen molar-refractivity contribution in [2.75, 3.05) is 10.6 Å². The molecule has 2 amide bonds. The van der Waals surface area contributed by atoms with Gasteiger partial charge in [-0.25, -0.2) is 9.18 Å². The summed E-state index contributed by atoms with van der Waals surface area (Å²) in [4.78, 5) is 24.2. The molecule has 0 aliphatic rings. The molecular formula is C18H17ClFIN2O3. The minimum atomic E-state index is -0.673. The van der Waals surface area contributed by atoms with E-state index in [1.807, 2.05) is 22.6 Å². The van der Waals surface area contributed by atoms with E-state index in [1.54, 1.807) is 39.0 Å². The minimum Gasteiger partial charge on any atom is -0.444 e. The third-order valence-electron chi connectivity index (χ3n) is 3.04. The number of halogens is 3. The first kappa shape index (κ1) is 20.4. The average Bonchev–Trinajstić information content (AvgIpc) is 2.48. The van der Waals surface area contributed by atoms with Crippen molar-refractivity contribution in [3.8, 4) is 0 Å². The van der Waals surface area contributed by atoms with Crippen LogP contribution in [0.25, 0.3) is 0 Å². The van der Waals surface area contributed by atoms with Gasteiger partial charge in [0, 0.05) is 14.3 Å². The van der Waals surface area contributed by atoms with Crippen molar-refractivity contribution in [3.05, 3.63) is 56.4 Å². The molecule has 0 radical (unpaired) electrons. The van der Waals surface area contributed by atoms with Gasteiger partial charge in [-0.1, -0.05) is 11.6 Å². The van der Waals surface area contributed by atoms with Crippen LogP contribution in [0.3, 0.4) is 0 Å². The van der Waals surface area contributed by atoms with Crippen molar-refractivity contribution < 1.29 is 18.7 Å². The van der Waals surface area contributed by atoms with E-state index < -0.39 is 23.4 Å². The zero-order chi connectivity index (χ0) is 19.5. The predicted octanol–water partition coefficient (Wildman–Crippen LogP) is 5.68. The fourth-order valence-electron chi connectivity index (χ4n) is 1.98. The highest BCUT2D eigenvalue weighted by Gasteiger charge is 2.17. The standard InChI is InChI=1S/C18H17ClFIN2O3/c1-18(2,3)26-17(25)22-11-5-7-13(20)15(9-11)23-16(24)12-6-4-10(19)8-14(12)21/h4-9H,1-3H3,(H,22,25)(H,23,24). The molecule has 138 valence electrons. The van der Waals surface area contributed by atoms with Crippen LogP contribution in [0.5, 0.6) is 0 Å². The lowest BCUT2D eigenvalue weighted by Gasteiger charge is -2.20. The maximum atomic E-state index is 14.0. The fourth-order valence-corrected chi connectivity index (χ4v) is 3.10. The molecule has 0 atom stereocenters. The van der Waals surface area contributed by atoms with Crippen molar-refractivity contribution in [1.82, 2.24) is 0 Å². The van der Waals surface area contributed by atoms with E-state index in [1.165, 1.54) is 12.1 Å². The van der Waals surface area contributed by atoms with Gasteiger partial charge in [-0.2, -0.15) is 0 Å². The summed E-state index contributed by atoms with van der Waals surface area (Å²) < 4.78 is 19.8. The number of anilines is 2. The Morgan fingerprint density at radius 3 is 2.42 bits per heavy atom. The van der Waals surface area contributed by atoms with E-state index in [9.17, 15) is 14.0 Å². The Bertz CT molecular complexity index is 853. The molecule has 0 aromatic heterocycles. The van der Waals surface area contributed by atoms with Crippen molar-refractivity contribution in [2.45, 2.75) is 26.4 Å². The van der Waals surface area contributed by atoms with E-state index in [-0.39, 0.29) is 5.69 Å². The van der Waals surface area contributed by atoms with Gasteiger partial charge >= 0.3 is 6.09 Å². The second kappa shape index (κ2) is 8.22. The summed E-state index contributed by atoms with van der Waals surface area (Å²) in [5.74, 6) is -1.11. The molecule has 0 spiro atoms. The number of nitrogens with one attached hydrogen (secondary N) is 2. The molecule has 0 heterocycles. The summed E-state index contributed by atoms with van der Waals surface area (Å²) in [5.41, 5.74) is -0.0668. The lowest BCUT2D eigenvalue weighted by molar-refractivity contribution is 0.0636. The van der Waals surface area contributed by atoms with Gasteiger partial charge in [0.15, 0.2) is 0 Å². The second-order valence-electron chi connectivity index (χ2n) is 6.40. The summed E-state index contributed by atoms with van der Waals surface area (Å²) in [6, 6.07) is 8.61. The van der Waals surface area contributed by atoms with E-state index in [0.717, 1.165) is 6.07 Å². The van der Waals surface area contributed by atoms with Crippen LogP contribution >= 0.6 is 34.2 Å². The van der Waals surface area contributed by atoms with Gasteiger partial charge in [0.1, 0.15) is 11.4 Å². The fraction of sp³-hybridized carbons (Fsp3) is 0.222. The maximum Gasteiger partial charge on any atom is 0.412 e. The summed E-state index contributed by atoms with van der Waals surface area (Å²) in [6.07, 6.45) is -0.673. The van der Waals surface area contributed by atoms with Crippen molar-refractivity contribution >= 4 is 57.6 Å². The van der Waals surface area contributed by atoms with Crippen molar-refractivity contribution in [3.63, 3.8) is 0 Å². The number of carbonyl (C=O) groups excluding carboxylic acids is 2. The molecule has 2 N–H and O–H groups in total. The molecule has 2 rings (SSSR count). The molecule has 0 fully saturated rings. The number of amides is 2. The van der Waals surface area contributed by atoms with Gasteiger partial charge in [-0.05, 0) is 79.8 Å². The third-order valence-corrected chi connectivity index (χ3v) is 4.16. The quantitative estimate of drug-likeness (QED) is 0.544. The molecule has 5 nitrogen and oxygen atoms in total. The number of ether oxygens (including phenoxy) is 1. The molecular weight excluding hydrogens is 474 g/mol. The normalized spacial score (nSPS) is 11.0. The Morgan fingerprint density at radius 1 is 1.12 bits per heavy atom. The van der Waals surface area contributed by atoms with Crippen LogP contribution in [0.1, 0.15) is 31.1 Å². The summed E-state index contributed by atoms with van der Waals surface area (Å²) in [7, 11) is 0. The Kier molecular flexibility index (Phi) is 6.46. The van der Waals surface area contributed by atoms with Crippen LogP contribution in [-0.2, 0) is 4.74 Å². The zero-order valence-corrected chi connectivity index (χ0v) is 17.2. The first-order valence-electron chi connectivity index (χ1n) is 7.61. The molecule has 0 aliphatic heterocycles. The first-order valence-corrected chi connectivity index (χ1v) is 9.07. The average molecular weight is 491 g/mol. The zero-order valence-electron chi connectivity index (χ0n) is 14.3. The number of rotatable bonds is 3. The van der Waals surface area contributed by atoms with Gasteiger partial charge in [-0.15, -0.1) is 0 Å². The molecule has 0 aliphatic carbocycles. The monoisotopic (exact) mass is 490 g/mol. The van der Waals surface area contributed by atoms with Gasteiger partial charge in [0.25, 0.3) is 5.91 Å². The third kappa shape index (κ3) is 5.84. The summed E-state index contributed by atoms with van der Waals surface area (Å²) >= 11 is 7.85. The van der Waals surface area contributed by atoms with Gasteiger partial charge < -0.3 is 10.1 Å². The summed E-state index contributed by atoms with van der Waals surface area (Å²) in [5, 5.41) is 5.50. The predicted molar refractivity (Wildman–Crippen MR) is 108 cm³/mol. The van der Waals surface area contributed by atoms with Crippen LogP contribution in [0.2, 0.25) is 5.02 Å². The highest BCUT2D eigenvalue weighted by molar-refractivity contribution is 14.1. The van der Waals surface area contributed by atoms with E-state index in [0.29, 0.717) is 19.8 Å². The first-order chi connectivity index (χ1) is 12.0. The van der Waals surface area contributed by atoms with E-state index >= 15 is 0 Å². The molecule has 2 aromatic carbocycles. The summed E-state index contributed by atoms with van der Waals surface area (Å²) in [6.45, 7) is 5.20. The van der Waals surface area contributed by atoms with Crippen molar-refractivity contribution in [1.29, 1.82) is 0 Å². The molecule has 8 heteroatoms. The Balaban J connectivity index is 2.16. The lowest BCUT2D eigenvalue weighted by Crippen LogP contribution is -2.27. The van der Waals surface area contributed by atoms with Crippen LogP contribution in [-0.4, -0.2) is 17.6 Å². The Morgan fingerprint density at radius 2 is 1.81 bits per heavy atom. The molecule has 0 saturated heterocycles. The SMILES string of the molecule is CC(C)(C)OC(=O)Nc1ccc(F)c(NC(=O)c2ccc(Cl)cc2I)c1. The Hall–Kier alpha value is -1.87. The van der Waals surface area contributed by atoms with Crippen LogP contribution in [0.15, 0.2) is 36.4 Å². The van der Waals surface area contributed by atoms with Crippen LogP contribution in [0, 0.1) is 9.39 Å². The Labute approximate surface area is 169 Å². The number of hydrogen-bond donors (Lipinski definition) is 2. The molecule has 2 aromatic rings. The van der Waals surface area contributed by atoms with E-state index in [4.69, 9.17) is 16.3 Å². The molecule has 0 unspecified atom stereocenters. The van der Waals surface area contributed by atoms with Crippen LogP contribution < -0.4 is 10.6 Å². The topological polar surface area (TPSA) is 67.4 Å². The maximum absolute atomic E-state index is 14.0. The molecule has 0 saturated carbocycles. The molecule has 26 heavy (non-hydrogen) atoms. The van der Waals surface area contributed by atoms with Gasteiger partial charge in [-0.3, -0.25) is 10.1 Å². The highest BCUT2D eigenvalue weighted by Crippen LogP contribution is 2.23. The minimum absolute atomic E-state index is 0.0608. The van der Waals surface area contributed by atoms with Gasteiger partial charge in [0.2, 0.25) is 0 Å². The number of carbonyl (C=O) groups is 2.